The summed E-state index contributed by atoms with van der Waals surface area (Å²) in [5.74, 6) is -0.935. The van der Waals surface area contributed by atoms with Crippen LogP contribution in [-0.2, 0) is 4.79 Å². The van der Waals surface area contributed by atoms with Crippen molar-refractivity contribution in [2.75, 3.05) is 0 Å². The first-order chi connectivity index (χ1) is 5.70. The second-order valence-electron chi connectivity index (χ2n) is 3.68. The molecule has 76 valence electrons. The molecule has 0 heterocycles. The van der Waals surface area contributed by atoms with E-state index in [0.29, 0.717) is 0 Å². The van der Waals surface area contributed by atoms with E-state index in [-0.39, 0.29) is 11.1 Å². The van der Waals surface area contributed by atoms with Gasteiger partial charge in [0.15, 0.2) is 0 Å². The zero-order valence-electron chi connectivity index (χ0n) is 8.85. The van der Waals surface area contributed by atoms with Crippen LogP contribution in [0.15, 0.2) is 24.9 Å². The molecule has 0 spiro atoms. The molecular formula is C10H19NO2. The quantitative estimate of drug-likeness (QED) is 0.648. The lowest BCUT2D eigenvalue weighted by Gasteiger charge is -2.17. The monoisotopic (exact) mass is 185 g/mol. The van der Waals surface area contributed by atoms with Crippen LogP contribution in [0.5, 0.6) is 0 Å². The molecule has 0 aromatic rings. The van der Waals surface area contributed by atoms with Gasteiger partial charge in [0.05, 0.1) is 0 Å². The molecule has 0 aliphatic rings. The molecule has 0 aliphatic carbocycles. The predicted octanol–water partition coefficient (Wildman–Crippen LogP) is 2.17. The standard InChI is InChI=1S/C6H13N.C4H6O2/c1-5-7-6(2,3)4;1-3(2)4(5)6/h5,7H,1H2,2-4H3;1H2,2H3,(H,5,6). The van der Waals surface area contributed by atoms with Crippen LogP contribution in [-0.4, -0.2) is 16.6 Å². The van der Waals surface area contributed by atoms with E-state index < -0.39 is 5.97 Å². The molecule has 0 bridgehead atoms. The van der Waals surface area contributed by atoms with Crippen LogP contribution in [0.1, 0.15) is 27.7 Å². The maximum atomic E-state index is 9.60. The highest BCUT2D eigenvalue weighted by Gasteiger charge is 2.02. The molecule has 0 aliphatic heterocycles. The third kappa shape index (κ3) is 18.1. The maximum Gasteiger partial charge on any atom is 0.330 e. The first kappa shape index (κ1) is 14.3. The molecule has 0 amide bonds. The maximum absolute atomic E-state index is 9.60. The zero-order valence-corrected chi connectivity index (χ0v) is 8.85. The summed E-state index contributed by atoms with van der Waals surface area (Å²) < 4.78 is 0. The van der Waals surface area contributed by atoms with Crippen molar-refractivity contribution in [2.24, 2.45) is 0 Å². The second kappa shape index (κ2) is 6.29. The van der Waals surface area contributed by atoms with Crippen LogP contribution in [0.2, 0.25) is 0 Å². The van der Waals surface area contributed by atoms with Gasteiger partial charge < -0.3 is 10.4 Å². The number of hydrogen-bond acceptors (Lipinski definition) is 2. The summed E-state index contributed by atoms with van der Waals surface area (Å²) in [4.78, 5) is 9.60. The highest BCUT2D eigenvalue weighted by Crippen LogP contribution is 1.96. The molecule has 0 atom stereocenters. The molecule has 3 heteroatoms. The largest absolute Gasteiger partial charge is 0.478 e. The van der Waals surface area contributed by atoms with E-state index >= 15 is 0 Å². The number of hydrogen-bond donors (Lipinski definition) is 2. The minimum atomic E-state index is -0.935. The van der Waals surface area contributed by atoms with Crippen LogP contribution in [0.4, 0.5) is 0 Å². The number of rotatable bonds is 2. The third-order valence-electron chi connectivity index (χ3n) is 0.900. The Hall–Kier alpha value is -1.25. The van der Waals surface area contributed by atoms with E-state index in [1.54, 1.807) is 6.20 Å². The van der Waals surface area contributed by atoms with E-state index in [9.17, 15) is 4.79 Å². The Kier molecular flexibility index (Phi) is 6.91. The van der Waals surface area contributed by atoms with Gasteiger partial charge in [0.2, 0.25) is 0 Å². The van der Waals surface area contributed by atoms with Gasteiger partial charge in [0.25, 0.3) is 0 Å². The number of carbonyl (C=O) groups is 1. The van der Waals surface area contributed by atoms with Crippen molar-refractivity contribution in [1.82, 2.24) is 5.32 Å². The van der Waals surface area contributed by atoms with Crippen molar-refractivity contribution in [3.8, 4) is 0 Å². The van der Waals surface area contributed by atoms with E-state index in [4.69, 9.17) is 5.11 Å². The van der Waals surface area contributed by atoms with Crippen molar-refractivity contribution in [3.63, 3.8) is 0 Å². The molecule has 0 saturated heterocycles. The predicted molar refractivity (Wildman–Crippen MR) is 55.5 cm³/mol. The Bertz CT molecular complexity index is 178. The number of carboxylic acids is 1. The van der Waals surface area contributed by atoms with E-state index in [2.05, 4.69) is 39.2 Å². The van der Waals surface area contributed by atoms with Crippen molar-refractivity contribution < 1.29 is 9.90 Å². The van der Waals surface area contributed by atoms with E-state index in [1.807, 2.05) is 0 Å². The molecule has 0 radical (unpaired) electrons. The smallest absolute Gasteiger partial charge is 0.330 e. The minimum absolute atomic E-state index is 0.176. The molecule has 13 heavy (non-hydrogen) atoms. The van der Waals surface area contributed by atoms with Crippen LogP contribution >= 0.6 is 0 Å². The topological polar surface area (TPSA) is 49.3 Å². The molecule has 0 aromatic heterocycles. The van der Waals surface area contributed by atoms with Gasteiger partial charge in [0.1, 0.15) is 0 Å². The average molecular weight is 185 g/mol. The summed E-state index contributed by atoms with van der Waals surface area (Å²) >= 11 is 0. The summed E-state index contributed by atoms with van der Waals surface area (Å²) in [5.41, 5.74) is 0.358. The molecular weight excluding hydrogens is 166 g/mol. The fraction of sp³-hybridized carbons (Fsp3) is 0.500. The zero-order chi connectivity index (χ0) is 11.1. The Morgan fingerprint density at radius 3 is 1.77 bits per heavy atom. The Morgan fingerprint density at radius 1 is 1.46 bits per heavy atom. The van der Waals surface area contributed by atoms with Gasteiger partial charge >= 0.3 is 5.97 Å². The van der Waals surface area contributed by atoms with Crippen molar-refractivity contribution >= 4 is 5.97 Å². The lowest BCUT2D eigenvalue weighted by molar-refractivity contribution is -0.132. The Balaban J connectivity index is 0. The van der Waals surface area contributed by atoms with Crippen LogP contribution in [0.25, 0.3) is 0 Å². The summed E-state index contributed by atoms with van der Waals surface area (Å²) in [5, 5.41) is 10.9. The first-order valence-electron chi connectivity index (χ1n) is 3.98. The van der Waals surface area contributed by atoms with Crippen molar-refractivity contribution in [2.45, 2.75) is 33.2 Å². The third-order valence-corrected chi connectivity index (χ3v) is 0.900. The van der Waals surface area contributed by atoms with Crippen molar-refractivity contribution in [3.05, 3.63) is 24.9 Å². The van der Waals surface area contributed by atoms with E-state index in [1.165, 1.54) is 6.92 Å². The fourth-order valence-electron chi connectivity index (χ4n) is 0.306. The average Bonchev–Trinajstić information content (AvgIpc) is 1.85. The van der Waals surface area contributed by atoms with Gasteiger partial charge in [-0.05, 0) is 33.9 Å². The summed E-state index contributed by atoms with van der Waals surface area (Å²) in [7, 11) is 0. The summed E-state index contributed by atoms with van der Waals surface area (Å²) in [6.45, 7) is 14.4. The minimum Gasteiger partial charge on any atom is -0.478 e. The Morgan fingerprint density at radius 2 is 1.77 bits per heavy atom. The van der Waals surface area contributed by atoms with Gasteiger partial charge in [-0.25, -0.2) is 4.79 Å². The Labute approximate surface area is 80.2 Å². The summed E-state index contributed by atoms with van der Waals surface area (Å²) in [6, 6.07) is 0. The van der Waals surface area contributed by atoms with E-state index in [0.717, 1.165) is 0 Å². The van der Waals surface area contributed by atoms with Crippen molar-refractivity contribution in [1.29, 1.82) is 0 Å². The highest BCUT2D eigenvalue weighted by atomic mass is 16.4. The van der Waals surface area contributed by atoms with Crippen LogP contribution in [0, 0.1) is 0 Å². The molecule has 0 unspecified atom stereocenters. The molecule has 0 aromatic carbocycles. The molecule has 2 N–H and O–H groups in total. The van der Waals surface area contributed by atoms with Gasteiger partial charge in [-0.2, -0.15) is 0 Å². The van der Waals surface area contributed by atoms with Gasteiger partial charge in [-0.3, -0.25) is 0 Å². The molecule has 3 nitrogen and oxygen atoms in total. The van der Waals surface area contributed by atoms with Gasteiger partial charge in [0, 0.05) is 11.1 Å². The number of aliphatic carboxylic acids is 1. The first-order valence-corrected chi connectivity index (χ1v) is 3.98. The fourth-order valence-corrected chi connectivity index (χ4v) is 0.306. The lowest BCUT2D eigenvalue weighted by atomic mass is 10.1. The molecule has 0 rings (SSSR count). The second-order valence-corrected chi connectivity index (χ2v) is 3.68. The lowest BCUT2D eigenvalue weighted by Crippen LogP contribution is -2.30. The van der Waals surface area contributed by atoms with Crippen LogP contribution < -0.4 is 5.32 Å². The van der Waals surface area contributed by atoms with Gasteiger partial charge in [-0.15, -0.1) is 0 Å². The SMILES string of the molecule is C=C(C)C(=O)O.C=CNC(C)(C)C. The number of carboxylic acid groups (broad SMARTS) is 1. The number of nitrogens with one attached hydrogen (secondary N) is 1. The molecule has 0 fully saturated rings. The molecule has 0 saturated carbocycles. The highest BCUT2D eigenvalue weighted by molar-refractivity contribution is 5.84. The van der Waals surface area contributed by atoms with Crippen LogP contribution in [0.3, 0.4) is 0 Å². The summed E-state index contributed by atoms with van der Waals surface area (Å²) in [6.07, 6.45) is 1.71. The van der Waals surface area contributed by atoms with Gasteiger partial charge in [-0.1, -0.05) is 13.2 Å². The normalized spacial score (nSPS) is 9.23.